The number of hydrogen-bond acceptors (Lipinski definition) is 6. The lowest BCUT2D eigenvalue weighted by Crippen LogP contribution is -2.51. The number of benzene rings is 4. The van der Waals surface area contributed by atoms with Gasteiger partial charge in [0.15, 0.2) is 11.6 Å². The number of nitro groups is 1. The summed E-state index contributed by atoms with van der Waals surface area (Å²) in [6, 6.07) is 23.1. The van der Waals surface area contributed by atoms with E-state index in [2.05, 4.69) is 5.32 Å². The highest BCUT2D eigenvalue weighted by atomic mass is 19.1. The number of ketones is 2. The zero-order valence-electron chi connectivity index (χ0n) is 22.9. The van der Waals surface area contributed by atoms with Gasteiger partial charge in [0.1, 0.15) is 17.3 Å². The molecule has 1 N–H and O–H groups in total. The van der Waals surface area contributed by atoms with Crippen LogP contribution in [0.2, 0.25) is 0 Å². The second-order valence-electron chi connectivity index (χ2n) is 11.0. The maximum atomic E-state index is 14.7. The average molecular weight is 574 g/mol. The molecule has 8 nitrogen and oxygen atoms in total. The van der Waals surface area contributed by atoms with Gasteiger partial charge in [-0.1, -0.05) is 42.5 Å². The number of allylic oxidation sites excluding steroid dienone is 1. The van der Waals surface area contributed by atoms with E-state index in [4.69, 9.17) is 0 Å². The maximum Gasteiger partial charge on any atom is 0.269 e. The van der Waals surface area contributed by atoms with E-state index in [-0.39, 0.29) is 16.8 Å². The van der Waals surface area contributed by atoms with E-state index in [9.17, 15) is 28.9 Å². The van der Waals surface area contributed by atoms with Crippen LogP contribution in [0.25, 0.3) is 5.57 Å². The fourth-order valence-electron chi connectivity index (χ4n) is 7.10. The number of non-ortho nitro benzene ring substituents is 1. The molecule has 3 heterocycles. The van der Waals surface area contributed by atoms with Crippen LogP contribution in [0.5, 0.6) is 0 Å². The molecule has 9 heteroatoms. The number of nitrogens with zero attached hydrogens (tertiary/aromatic N) is 2. The van der Waals surface area contributed by atoms with E-state index in [0.717, 1.165) is 11.1 Å². The summed E-state index contributed by atoms with van der Waals surface area (Å²) in [6.45, 7) is 1.94. The number of carbonyl (C=O) groups excluding carboxylic acids is 3. The van der Waals surface area contributed by atoms with Crippen LogP contribution in [0.3, 0.4) is 0 Å². The Balaban J connectivity index is 1.53. The van der Waals surface area contributed by atoms with Crippen molar-refractivity contribution in [2.24, 2.45) is 5.92 Å². The molecule has 7 rings (SSSR count). The summed E-state index contributed by atoms with van der Waals surface area (Å²) in [5.74, 6) is -3.11. The maximum absolute atomic E-state index is 14.7. The van der Waals surface area contributed by atoms with Crippen molar-refractivity contribution in [1.82, 2.24) is 0 Å². The SMILES string of the molecule is CC1=CC2N(c3ccccc31)C(C(=O)c1ccc([N+](=O)[O-])cc1)C(C(=O)c1ccc(F)cc1)C21C(=O)Nc2ccccc21. The van der Waals surface area contributed by atoms with E-state index < -0.39 is 51.6 Å². The molecule has 1 amide bonds. The van der Waals surface area contributed by atoms with Crippen molar-refractivity contribution in [1.29, 1.82) is 0 Å². The van der Waals surface area contributed by atoms with Crippen LogP contribution in [0.4, 0.5) is 21.5 Å². The predicted molar refractivity (Wildman–Crippen MR) is 159 cm³/mol. The van der Waals surface area contributed by atoms with Crippen molar-refractivity contribution in [3.8, 4) is 0 Å². The van der Waals surface area contributed by atoms with E-state index in [0.29, 0.717) is 16.9 Å². The molecule has 0 bridgehead atoms. The smallest absolute Gasteiger partial charge is 0.269 e. The van der Waals surface area contributed by atoms with Crippen LogP contribution >= 0.6 is 0 Å². The topological polar surface area (TPSA) is 110 Å². The number of anilines is 2. The molecule has 0 saturated carbocycles. The quantitative estimate of drug-likeness (QED) is 0.179. The zero-order valence-corrected chi connectivity index (χ0v) is 22.9. The summed E-state index contributed by atoms with van der Waals surface area (Å²) < 4.78 is 14.0. The van der Waals surface area contributed by atoms with Crippen LogP contribution in [0, 0.1) is 21.8 Å². The molecule has 0 radical (unpaired) electrons. The number of hydrogen-bond donors (Lipinski definition) is 1. The lowest BCUT2D eigenvalue weighted by molar-refractivity contribution is -0.384. The number of nitrogens with one attached hydrogen (secondary N) is 1. The summed E-state index contributed by atoms with van der Waals surface area (Å²) in [4.78, 5) is 56.4. The van der Waals surface area contributed by atoms with Gasteiger partial charge in [-0.3, -0.25) is 24.5 Å². The highest BCUT2D eigenvalue weighted by Crippen LogP contribution is 2.58. The highest BCUT2D eigenvalue weighted by molar-refractivity contribution is 6.18. The third-order valence-electron chi connectivity index (χ3n) is 8.93. The van der Waals surface area contributed by atoms with Crippen molar-refractivity contribution in [3.63, 3.8) is 0 Å². The van der Waals surface area contributed by atoms with Crippen LogP contribution in [0.1, 0.15) is 38.8 Å². The Bertz CT molecular complexity index is 1880. The average Bonchev–Trinajstić information content (AvgIpc) is 3.49. The monoisotopic (exact) mass is 573 g/mol. The number of para-hydroxylation sites is 2. The number of halogens is 1. The molecule has 4 aromatic carbocycles. The van der Waals surface area contributed by atoms with Gasteiger partial charge in [0, 0.05) is 40.2 Å². The minimum atomic E-state index is -1.52. The fraction of sp³-hybridized carbons (Fsp3) is 0.147. The van der Waals surface area contributed by atoms with E-state index in [1.807, 2.05) is 42.2 Å². The Hall–Kier alpha value is -5.44. The summed E-state index contributed by atoms with van der Waals surface area (Å²) in [5.41, 5.74) is 2.23. The molecule has 1 fully saturated rings. The molecular weight excluding hydrogens is 549 g/mol. The van der Waals surface area contributed by atoms with Gasteiger partial charge >= 0.3 is 0 Å². The number of nitro benzene ring substituents is 1. The number of fused-ring (bicyclic) bond motifs is 6. The highest BCUT2D eigenvalue weighted by Gasteiger charge is 2.70. The second-order valence-corrected chi connectivity index (χ2v) is 11.0. The molecule has 3 aliphatic heterocycles. The second kappa shape index (κ2) is 9.55. The predicted octanol–water partition coefficient (Wildman–Crippen LogP) is 5.98. The van der Waals surface area contributed by atoms with Crippen molar-refractivity contribution >= 4 is 40.1 Å². The molecule has 43 heavy (non-hydrogen) atoms. The molecule has 4 atom stereocenters. The van der Waals surface area contributed by atoms with E-state index in [1.165, 1.54) is 48.5 Å². The van der Waals surface area contributed by atoms with Gasteiger partial charge in [-0.15, -0.1) is 0 Å². The molecule has 3 aliphatic rings. The first-order chi connectivity index (χ1) is 20.7. The molecule has 1 spiro atoms. The Morgan fingerprint density at radius 1 is 0.884 bits per heavy atom. The van der Waals surface area contributed by atoms with Crippen molar-refractivity contribution < 1.29 is 23.7 Å². The Morgan fingerprint density at radius 3 is 2.23 bits per heavy atom. The first-order valence-corrected chi connectivity index (χ1v) is 13.8. The normalized spacial score (nSPS) is 23.2. The lowest BCUT2D eigenvalue weighted by atomic mass is 9.64. The van der Waals surface area contributed by atoms with Gasteiger partial charge < -0.3 is 10.2 Å². The Morgan fingerprint density at radius 2 is 1.51 bits per heavy atom. The fourth-order valence-corrected chi connectivity index (χ4v) is 7.10. The van der Waals surface area contributed by atoms with Crippen LogP contribution in [0.15, 0.2) is 103 Å². The molecule has 0 aromatic heterocycles. The van der Waals surface area contributed by atoms with Crippen molar-refractivity contribution in [3.05, 3.63) is 141 Å². The molecular formula is C34H24FN3O5. The molecule has 212 valence electrons. The Kier molecular flexibility index (Phi) is 5.88. The minimum Gasteiger partial charge on any atom is -0.352 e. The number of carbonyl (C=O) groups is 3. The van der Waals surface area contributed by atoms with Gasteiger partial charge in [0.2, 0.25) is 5.91 Å². The first-order valence-electron chi connectivity index (χ1n) is 13.8. The van der Waals surface area contributed by atoms with E-state index >= 15 is 0 Å². The van der Waals surface area contributed by atoms with Crippen LogP contribution in [-0.4, -0.2) is 34.5 Å². The van der Waals surface area contributed by atoms with Gasteiger partial charge in [-0.25, -0.2) is 4.39 Å². The van der Waals surface area contributed by atoms with Gasteiger partial charge in [0.25, 0.3) is 5.69 Å². The first kappa shape index (κ1) is 26.5. The van der Waals surface area contributed by atoms with Crippen molar-refractivity contribution in [2.75, 3.05) is 10.2 Å². The molecule has 4 aromatic rings. The lowest BCUT2D eigenvalue weighted by Gasteiger charge is -2.39. The zero-order chi connectivity index (χ0) is 30.0. The van der Waals surface area contributed by atoms with E-state index in [1.54, 1.807) is 24.3 Å². The summed E-state index contributed by atoms with van der Waals surface area (Å²) >= 11 is 0. The van der Waals surface area contributed by atoms with Gasteiger partial charge in [-0.2, -0.15) is 0 Å². The standard InChI is InChI=1S/C34H24FN3O5/c1-19-18-28-34(25-7-3-4-8-26(25)36-33(34)41)29(31(39)20-10-14-22(35)15-11-20)30(37(28)27-9-5-2-6-24(19)27)32(40)21-12-16-23(17-13-21)38(42)43/h2-18,28-30H,1H3,(H,36,41). The summed E-state index contributed by atoms with van der Waals surface area (Å²) in [7, 11) is 0. The third-order valence-corrected chi connectivity index (χ3v) is 8.93. The Labute approximate surface area is 245 Å². The molecule has 1 saturated heterocycles. The molecule has 4 unspecified atom stereocenters. The number of Topliss-reactive ketones (excluding diaryl/α,β-unsaturated/α-hetero) is 2. The van der Waals surface area contributed by atoms with Gasteiger partial charge in [0.05, 0.1) is 16.9 Å². The summed E-state index contributed by atoms with van der Waals surface area (Å²) in [6.07, 6.45) is 1.94. The van der Waals surface area contributed by atoms with Crippen LogP contribution < -0.4 is 10.2 Å². The van der Waals surface area contributed by atoms with Gasteiger partial charge in [-0.05, 0) is 66.6 Å². The molecule has 0 aliphatic carbocycles. The summed E-state index contributed by atoms with van der Waals surface area (Å²) in [5, 5.41) is 14.3. The van der Waals surface area contributed by atoms with Crippen molar-refractivity contribution in [2.45, 2.75) is 24.4 Å². The van der Waals surface area contributed by atoms with Crippen LogP contribution in [-0.2, 0) is 10.2 Å². The number of rotatable bonds is 5. The third kappa shape index (κ3) is 3.71. The minimum absolute atomic E-state index is 0.165. The number of amides is 1. The largest absolute Gasteiger partial charge is 0.352 e.